The minimum atomic E-state index is 0.366. The lowest BCUT2D eigenvalue weighted by Crippen LogP contribution is -2.40. The second kappa shape index (κ2) is 4.20. The fraction of sp³-hybridized carbons (Fsp3) is 0.909. The molecule has 1 N–H and O–H groups in total. The Kier molecular flexibility index (Phi) is 3.40. The summed E-state index contributed by atoms with van der Waals surface area (Å²) in [6.07, 6.45) is 0. The van der Waals surface area contributed by atoms with Crippen LogP contribution in [0.25, 0.3) is 0 Å². The minimum absolute atomic E-state index is 0.366. The van der Waals surface area contributed by atoms with Crippen LogP contribution in [0.5, 0.6) is 0 Å². The molecule has 1 aliphatic rings. The molecule has 0 aromatic carbocycles. The summed E-state index contributed by atoms with van der Waals surface area (Å²) >= 11 is 0. The second-order valence-electron chi connectivity index (χ2n) is 5.27. The van der Waals surface area contributed by atoms with Crippen LogP contribution in [0.2, 0.25) is 0 Å². The zero-order valence-corrected chi connectivity index (χ0v) is 10.1. The predicted molar refractivity (Wildman–Crippen MR) is 61.6 cm³/mol. The third kappa shape index (κ3) is 2.89. The molecule has 1 atom stereocenters. The Bertz CT molecular complexity index is 215. The molecule has 3 heteroatoms. The highest BCUT2D eigenvalue weighted by Gasteiger charge is 2.21. The lowest BCUT2D eigenvalue weighted by molar-refractivity contribution is 0.260. The van der Waals surface area contributed by atoms with E-state index >= 15 is 0 Å². The summed E-state index contributed by atoms with van der Waals surface area (Å²) in [6, 6.07) is 0. The van der Waals surface area contributed by atoms with Gasteiger partial charge in [-0.25, -0.2) is 0 Å². The number of nitrogens with one attached hydrogen (secondary N) is 1. The molecule has 0 bridgehead atoms. The average molecular weight is 197 g/mol. The van der Waals surface area contributed by atoms with Crippen molar-refractivity contribution in [1.29, 1.82) is 0 Å². The summed E-state index contributed by atoms with van der Waals surface area (Å²) < 4.78 is 0. The minimum Gasteiger partial charge on any atom is -0.356 e. The van der Waals surface area contributed by atoms with E-state index in [-0.39, 0.29) is 0 Å². The monoisotopic (exact) mass is 197 g/mol. The Labute approximate surface area is 87.6 Å². The van der Waals surface area contributed by atoms with Crippen molar-refractivity contribution < 1.29 is 0 Å². The molecule has 14 heavy (non-hydrogen) atoms. The highest BCUT2D eigenvalue weighted by molar-refractivity contribution is 5.81. The number of nitrogens with zero attached hydrogens (tertiary/aromatic N) is 2. The topological polar surface area (TPSA) is 27.6 Å². The predicted octanol–water partition coefficient (Wildman–Crippen LogP) is 1.56. The molecule has 3 nitrogen and oxygen atoms in total. The standard InChI is InChI=1S/C11H23N3/c1-9(11(2,3)4)8-13-10-12-6-7-14(10)5/h9H,6-8H2,1-5H3,(H,12,13). The Morgan fingerprint density at radius 2 is 2.14 bits per heavy atom. The van der Waals surface area contributed by atoms with Crippen LogP contribution >= 0.6 is 0 Å². The molecule has 0 amide bonds. The molecular weight excluding hydrogens is 174 g/mol. The Morgan fingerprint density at radius 1 is 1.50 bits per heavy atom. The van der Waals surface area contributed by atoms with Gasteiger partial charge >= 0.3 is 0 Å². The largest absolute Gasteiger partial charge is 0.356 e. The molecule has 0 aliphatic carbocycles. The third-order valence-corrected chi connectivity index (χ3v) is 3.10. The number of aliphatic imine (C=N–C) groups is 1. The molecule has 0 fully saturated rings. The highest BCUT2D eigenvalue weighted by Crippen LogP contribution is 2.24. The van der Waals surface area contributed by atoms with E-state index in [1.54, 1.807) is 0 Å². The lowest BCUT2D eigenvalue weighted by Gasteiger charge is -2.28. The maximum absolute atomic E-state index is 4.40. The van der Waals surface area contributed by atoms with Crippen LogP contribution in [0.15, 0.2) is 4.99 Å². The zero-order valence-electron chi connectivity index (χ0n) is 10.1. The molecule has 0 saturated carbocycles. The summed E-state index contributed by atoms with van der Waals surface area (Å²) in [5.74, 6) is 1.71. The first-order valence-corrected chi connectivity index (χ1v) is 5.40. The Balaban J connectivity index is 2.34. The van der Waals surface area contributed by atoms with Crippen LogP contribution in [0, 0.1) is 11.3 Å². The van der Waals surface area contributed by atoms with E-state index in [4.69, 9.17) is 0 Å². The quantitative estimate of drug-likeness (QED) is 0.727. The van der Waals surface area contributed by atoms with E-state index in [2.05, 4.69) is 50.0 Å². The number of guanidine groups is 1. The summed E-state index contributed by atoms with van der Waals surface area (Å²) in [5.41, 5.74) is 0.366. The van der Waals surface area contributed by atoms with Gasteiger partial charge in [0.2, 0.25) is 0 Å². The molecule has 0 aromatic rings. The molecule has 1 rings (SSSR count). The van der Waals surface area contributed by atoms with Crippen molar-refractivity contribution in [3.8, 4) is 0 Å². The van der Waals surface area contributed by atoms with E-state index in [1.165, 1.54) is 0 Å². The van der Waals surface area contributed by atoms with Crippen molar-refractivity contribution in [2.75, 3.05) is 26.7 Å². The van der Waals surface area contributed by atoms with E-state index in [9.17, 15) is 0 Å². The number of rotatable bonds is 2. The Hall–Kier alpha value is -0.730. The van der Waals surface area contributed by atoms with Gasteiger partial charge in [0, 0.05) is 20.1 Å². The van der Waals surface area contributed by atoms with E-state index in [0.29, 0.717) is 11.3 Å². The molecule has 1 heterocycles. The maximum atomic E-state index is 4.40. The van der Waals surface area contributed by atoms with Gasteiger partial charge in [-0.15, -0.1) is 0 Å². The molecule has 1 unspecified atom stereocenters. The Morgan fingerprint density at radius 3 is 2.57 bits per heavy atom. The van der Waals surface area contributed by atoms with Crippen LogP contribution in [0.1, 0.15) is 27.7 Å². The fourth-order valence-electron chi connectivity index (χ4n) is 1.27. The SMILES string of the molecule is CC(CNC1=NCCN1C)C(C)(C)C. The van der Waals surface area contributed by atoms with Crippen molar-refractivity contribution in [2.24, 2.45) is 16.3 Å². The summed E-state index contributed by atoms with van der Waals surface area (Å²) in [7, 11) is 2.08. The van der Waals surface area contributed by atoms with Crippen molar-refractivity contribution in [1.82, 2.24) is 10.2 Å². The third-order valence-electron chi connectivity index (χ3n) is 3.10. The summed E-state index contributed by atoms with van der Waals surface area (Å²) in [4.78, 5) is 6.58. The molecule has 82 valence electrons. The van der Waals surface area contributed by atoms with Crippen LogP contribution in [0.4, 0.5) is 0 Å². The van der Waals surface area contributed by atoms with Gasteiger partial charge in [-0.3, -0.25) is 4.99 Å². The van der Waals surface area contributed by atoms with Gasteiger partial charge in [0.25, 0.3) is 0 Å². The highest BCUT2D eigenvalue weighted by atomic mass is 15.3. The lowest BCUT2D eigenvalue weighted by atomic mass is 9.82. The van der Waals surface area contributed by atoms with Gasteiger partial charge in [0.15, 0.2) is 5.96 Å². The normalized spacial score (nSPS) is 19.5. The van der Waals surface area contributed by atoms with Crippen molar-refractivity contribution in [2.45, 2.75) is 27.7 Å². The summed E-state index contributed by atoms with van der Waals surface area (Å²) in [5, 5.41) is 3.41. The maximum Gasteiger partial charge on any atom is 0.193 e. The van der Waals surface area contributed by atoms with E-state index in [1.807, 2.05) is 0 Å². The van der Waals surface area contributed by atoms with Crippen LogP contribution < -0.4 is 5.32 Å². The zero-order chi connectivity index (χ0) is 10.8. The van der Waals surface area contributed by atoms with E-state index < -0.39 is 0 Å². The van der Waals surface area contributed by atoms with Crippen molar-refractivity contribution in [3.05, 3.63) is 0 Å². The molecule has 1 aliphatic heterocycles. The van der Waals surface area contributed by atoms with Gasteiger partial charge in [-0.05, 0) is 11.3 Å². The van der Waals surface area contributed by atoms with Gasteiger partial charge in [0.1, 0.15) is 0 Å². The van der Waals surface area contributed by atoms with Crippen molar-refractivity contribution >= 4 is 5.96 Å². The molecular formula is C11H23N3. The molecule has 0 saturated heterocycles. The van der Waals surface area contributed by atoms with Gasteiger partial charge < -0.3 is 10.2 Å². The van der Waals surface area contributed by atoms with Crippen LogP contribution in [-0.2, 0) is 0 Å². The average Bonchev–Trinajstić information content (AvgIpc) is 2.45. The number of likely N-dealkylation sites (N-methyl/N-ethyl adjacent to an activating group) is 1. The molecule has 0 spiro atoms. The molecule has 0 radical (unpaired) electrons. The van der Waals surface area contributed by atoms with Gasteiger partial charge in [-0.2, -0.15) is 0 Å². The van der Waals surface area contributed by atoms with Crippen molar-refractivity contribution in [3.63, 3.8) is 0 Å². The van der Waals surface area contributed by atoms with Gasteiger partial charge in [-0.1, -0.05) is 27.7 Å². The molecule has 0 aromatic heterocycles. The smallest absolute Gasteiger partial charge is 0.193 e. The van der Waals surface area contributed by atoms with Crippen LogP contribution in [-0.4, -0.2) is 37.5 Å². The summed E-state index contributed by atoms with van der Waals surface area (Å²) in [6.45, 7) is 12.1. The second-order valence-corrected chi connectivity index (χ2v) is 5.27. The van der Waals surface area contributed by atoms with E-state index in [0.717, 1.165) is 25.6 Å². The number of hydrogen-bond donors (Lipinski definition) is 1. The first-order valence-electron chi connectivity index (χ1n) is 5.40. The first-order chi connectivity index (χ1) is 6.41. The van der Waals surface area contributed by atoms with Gasteiger partial charge in [0.05, 0.1) is 6.54 Å². The van der Waals surface area contributed by atoms with Crippen LogP contribution in [0.3, 0.4) is 0 Å². The number of hydrogen-bond acceptors (Lipinski definition) is 3. The first kappa shape index (κ1) is 11.3. The fourth-order valence-corrected chi connectivity index (χ4v) is 1.27.